The third kappa shape index (κ3) is 8.71. The number of carbonyl (C=O) groups excluding carboxylic acids is 5. The molecule has 40 heavy (non-hydrogen) atoms. The highest BCUT2D eigenvalue weighted by Crippen LogP contribution is 2.26. The van der Waals surface area contributed by atoms with E-state index in [2.05, 4.69) is 15.4 Å². The third-order valence-electron chi connectivity index (χ3n) is 5.52. The fraction of sp³-hybridized carbons (Fsp3) is 0.308. The minimum absolute atomic E-state index is 0.0671. The van der Waals surface area contributed by atoms with E-state index in [0.717, 1.165) is 0 Å². The number of halogens is 4. The van der Waals surface area contributed by atoms with E-state index in [0.29, 0.717) is 5.56 Å². The molecule has 0 radical (unpaired) electrons. The summed E-state index contributed by atoms with van der Waals surface area (Å²) >= 11 is 0. The molecule has 0 aliphatic heterocycles. The van der Waals surface area contributed by atoms with Crippen molar-refractivity contribution in [2.75, 3.05) is 11.9 Å². The number of anilines is 1. The van der Waals surface area contributed by atoms with E-state index in [9.17, 15) is 46.3 Å². The second kappa shape index (κ2) is 14.0. The van der Waals surface area contributed by atoms with Crippen molar-refractivity contribution in [2.24, 2.45) is 5.92 Å². The smallest absolute Gasteiger partial charge is 0.303 e. The fourth-order valence-electron chi connectivity index (χ4n) is 3.27. The number of Topliss-reactive ketones (excluding diaryl/α,β-unsaturated/α-hetero) is 3. The lowest BCUT2D eigenvalue weighted by Gasteiger charge is -2.20. The molecule has 2 aromatic carbocycles. The molecule has 2 amide bonds. The highest BCUT2D eigenvalue weighted by Gasteiger charge is 2.28. The van der Waals surface area contributed by atoms with Crippen LogP contribution >= 0.6 is 0 Å². The minimum atomic E-state index is -1.90. The van der Waals surface area contributed by atoms with Gasteiger partial charge in [-0.1, -0.05) is 6.92 Å². The molecule has 0 aliphatic rings. The maximum absolute atomic E-state index is 13.8. The first-order chi connectivity index (χ1) is 18.7. The van der Waals surface area contributed by atoms with Gasteiger partial charge in [0.05, 0.1) is 6.04 Å². The number of ketones is 3. The molecule has 214 valence electrons. The van der Waals surface area contributed by atoms with Crippen molar-refractivity contribution in [3.8, 4) is 5.75 Å². The number of nitrogens with one attached hydrogen (secondary N) is 2. The summed E-state index contributed by atoms with van der Waals surface area (Å²) in [5, 5.41) is 13.4. The molecule has 14 heteroatoms. The number of rotatable bonds is 14. The first kappa shape index (κ1) is 31.6. The summed E-state index contributed by atoms with van der Waals surface area (Å²) in [7, 11) is 0. The van der Waals surface area contributed by atoms with Crippen molar-refractivity contribution in [3.63, 3.8) is 0 Å². The van der Waals surface area contributed by atoms with Gasteiger partial charge in [-0.3, -0.25) is 28.8 Å². The van der Waals surface area contributed by atoms with Crippen LogP contribution in [0.5, 0.6) is 5.75 Å². The molecule has 3 N–H and O–H groups in total. The van der Waals surface area contributed by atoms with E-state index in [1.165, 1.54) is 38.1 Å². The molecule has 0 fully saturated rings. The zero-order valence-corrected chi connectivity index (χ0v) is 21.2. The van der Waals surface area contributed by atoms with Crippen molar-refractivity contribution in [3.05, 3.63) is 59.2 Å². The SMILES string of the molecule is CC(=O)c1ccc(NC(=O)C(=O)C[C@@H](C)C(=O)N[C@@H](CCC(=O)O)C(=O)COc2c(F)c(F)cc(F)c2F)cc1. The molecular formula is C26H24F4N2O8. The summed E-state index contributed by atoms with van der Waals surface area (Å²) < 4.78 is 58.9. The molecule has 0 spiro atoms. The number of carboxylic acid groups (broad SMARTS) is 1. The van der Waals surface area contributed by atoms with Crippen molar-refractivity contribution >= 4 is 40.8 Å². The van der Waals surface area contributed by atoms with Gasteiger partial charge >= 0.3 is 5.97 Å². The van der Waals surface area contributed by atoms with Crippen LogP contribution in [0.25, 0.3) is 0 Å². The van der Waals surface area contributed by atoms with Crippen LogP contribution in [-0.2, 0) is 24.0 Å². The predicted octanol–water partition coefficient (Wildman–Crippen LogP) is 2.98. The van der Waals surface area contributed by atoms with Gasteiger partial charge < -0.3 is 20.5 Å². The average molecular weight is 568 g/mol. The Hall–Kier alpha value is -4.62. The van der Waals surface area contributed by atoms with Crippen LogP contribution in [0.1, 0.15) is 43.5 Å². The minimum Gasteiger partial charge on any atom is -0.481 e. The maximum atomic E-state index is 13.8. The molecular weight excluding hydrogens is 544 g/mol. The van der Waals surface area contributed by atoms with Gasteiger partial charge in [-0.2, -0.15) is 8.78 Å². The predicted molar refractivity (Wildman–Crippen MR) is 129 cm³/mol. The number of amides is 2. The van der Waals surface area contributed by atoms with Gasteiger partial charge in [-0.05, 0) is 37.6 Å². The summed E-state index contributed by atoms with van der Waals surface area (Å²) in [4.78, 5) is 72.0. The monoisotopic (exact) mass is 568 g/mol. The molecule has 0 heterocycles. The Morgan fingerprint density at radius 2 is 1.52 bits per heavy atom. The first-order valence-electron chi connectivity index (χ1n) is 11.7. The van der Waals surface area contributed by atoms with Crippen LogP contribution in [-0.4, -0.2) is 52.9 Å². The zero-order valence-electron chi connectivity index (χ0n) is 21.2. The standard InChI is InChI=1S/C26H24F4N2O8/c1-12(9-19(34)26(39)31-15-5-3-14(4-6-15)13(2)33)25(38)32-18(7-8-21(36)37)20(35)11-40-24-22(29)16(27)10-17(28)23(24)30/h3-6,10,12,18H,7-9,11H2,1-2H3,(H,31,39)(H,32,38)(H,36,37)/t12-,18+/m1/s1. The summed E-state index contributed by atoms with van der Waals surface area (Å²) in [6.45, 7) is 1.40. The number of carboxylic acids is 1. The average Bonchev–Trinajstić information content (AvgIpc) is 2.89. The Kier molecular flexibility index (Phi) is 11.0. The number of hydrogen-bond acceptors (Lipinski definition) is 7. The fourth-order valence-corrected chi connectivity index (χ4v) is 3.27. The summed E-state index contributed by atoms with van der Waals surface area (Å²) in [6, 6.07) is 4.01. The van der Waals surface area contributed by atoms with Crippen LogP contribution < -0.4 is 15.4 Å². The lowest BCUT2D eigenvalue weighted by molar-refractivity contribution is -0.139. The Morgan fingerprint density at radius 1 is 0.950 bits per heavy atom. The van der Waals surface area contributed by atoms with E-state index in [4.69, 9.17) is 5.11 Å². The van der Waals surface area contributed by atoms with Gasteiger partial charge in [-0.15, -0.1) is 0 Å². The number of aliphatic carboxylic acids is 1. The maximum Gasteiger partial charge on any atom is 0.303 e. The van der Waals surface area contributed by atoms with Crippen LogP contribution in [0.2, 0.25) is 0 Å². The molecule has 2 atom stereocenters. The Morgan fingerprint density at radius 3 is 2.05 bits per heavy atom. The molecule has 10 nitrogen and oxygen atoms in total. The Balaban J connectivity index is 2.02. The van der Waals surface area contributed by atoms with Gasteiger partial charge in [-0.25, -0.2) is 8.78 Å². The number of benzene rings is 2. The second-order valence-electron chi connectivity index (χ2n) is 8.66. The van der Waals surface area contributed by atoms with Gasteiger partial charge in [0.1, 0.15) is 6.61 Å². The largest absolute Gasteiger partial charge is 0.481 e. The highest BCUT2D eigenvalue weighted by atomic mass is 19.2. The van der Waals surface area contributed by atoms with Gasteiger partial charge in [0.25, 0.3) is 5.91 Å². The first-order valence-corrected chi connectivity index (χ1v) is 11.7. The van der Waals surface area contributed by atoms with Gasteiger partial charge in [0, 0.05) is 36.1 Å². The Bertz CT molecular complexity index is 1300. The quantitative estimate of drug-likeness (QED) is 0.136. The van der Waals surface area contributed by atoms with Crippen LogP contribution in [0.4, 0.5) is 23.2 Å². The van der Waals surface area contributed by atoms with Gasteiger partial charge in [0.15, 0.2) is 29.0 Å². The molecule has 0 bridgehead atoms. The van der Waals surface area contributed by atoms with E-state index in [1.54, 1.807) is 0 Å². The van der Waals surface area contributed by atoms with Crippen LogP contribution in [0.15, 0.2) is 30.3 Å². The molecule has 0 saturated carbocycles. The van der Waals surface area contributed by atoms with E-state index in [-0.39, 0.29) is 17.5 Å². The molecule has 2 aromatic rings. The normalized spacial score (nSPS) is 12.2. The summed E-state index contributed by atoms with van der Waals surface area (Å²) in [5.74, 6) is -15.7. The molecule has 2 rings (SSSR count). The van der Waals surface area contributed by atoms with E-state index < -0.39 is 96.2 Å². The molecule has 0 saturated heterocycles. The lowest BCUT2D eigenvalue weighted by atomic mass is 10.0. The summed E-state index contributed by atoms with van der Waals surface area (Å²) in [5.41, 5.74) is 0.594. The van der Waals surface area contributed by atoms with Crippen molar-refractivity contribution in [1.29, 1.82) is 0 Å². The van der Waals surface area contributed by atoms with Gasteiger partial charge in [0.2, 0.25) is 23.3 Å². The summed E-state index contributed by atoms with van der Waals surface area (Å²) in [6.07, 6.45) is -1.74. The number of carbonyl (C=O) groups is 6. The topological polar surface area (TPSA) is 156 Å². The van der Waals surface area contributed by atoms with E-state index >= 15 is 0 Å². The number of ether oxygens (including phenoxy) is 1. The lowest BCUT2D eigenvalue weighted by Crippen LogP contribution is -2.45. The van der Waals surface area contributed by atoms with Crippen molar-refractivity contribution in [1.82, 2.24) is 5.32 Å². The van der Waals surface area contributed by atoms with Crippen LogP contribution in [0, 0.1) is 29.2 Å². The molecule has 0 unspecified atom stereocenters. The van der Waals surface area contributed by atoms with E-state index in [1.807, 2.05) is 0 Å². The molecule has 0 aliphatic carbocycles. The second-order valence-corrected chi connectivity index (χ2v) is 8.66. The molecule has 0 aromatic heterocycles. The third-order valence-corrected chi connectivity index (χ3v) is 5.52. The van der Waals surface area contributed by atoms with Crippen molar-refractivity contribution in [2.45, 2.75) is 39.2 Å². The Labute approximate surface area is 224 Å². The highest BCUT2D eigenvalue weighted by molar-refractivity contribution is 6.40. The van der Waals surface area contributed by atoms with Crippen LogP contribution in [0.3, 0.4) is 0 Å². The van der Waals surface area contributed by atoms with Crippen molar-refractivity contribution < 1.29 is 56.2 Å². The zero-order chi connectivity index (χ0) is 30.1. The number of hydrogen-bond donors (Lipinski definition) is 3.